The fourth-order valence-electron chi connectivity index (χ4n) is 0.0511. The molecule has 0 aromatic carbocycles. The molecule has 0 heterocycles. The Hall–Kier alpha value is 0.757. The summed E-state index contributed by atoms with van der Waals surface area (Å²) in [6.07, 6.45) is 0. The number of hydrogen-bond acceptors (Lipinski definition) is 1. The van der Waals surface area contributed by atoms with Crippen LogP contribution >= 0.6 is 17.4 Å². The summed E-state index contributed by atoms with van der Waals surface area (Å²) < 4.78 is 44.2. The van der Waals surface area contributed by atoms with Crippen molar-refractivity contribution in [2.45, 2.75) is 0 Å². The lowest BCUT2D eigenvalue weighted by Gasteiger charge is -2.08. The minimum absolute atomic E-state index is 0.398. The van der Waals surface area contributed by atoms with Crippen LogP contribution in [0.4, 0.5) is 16.8 Å². The van der Waals surface area contributed by atoms with Crippen LogP contribution in [0.3, 0.4) is 0 Å². The zero-order chi connectivity index (χ0) is 6.73. The molecule has 0 bridgehead atoms. The van der Waals surface area contributed by atoms with E-state index in [0.717, 1.165) is 0 Å². The SMILES string of the molecule is FP(F)[15N]([Si])P(F)F. The molecule has 0 unspecified atom stereocenters. The van der Waals surface area contributed by atoms with Gasteiger partial charge in [-0.2, -0.15) is 20.9 Å². The molecule has 0 aromatic heterocycles. The molecular weight excluding hydrogens is 181 g/mol. The third-order valence-corrected chi connectivity index (χ3v) is 2.58. The van der Waals surface area contributed by atoms with Gasteiger partial charge in [0.1, 0.15) is 0 Å². The van der Waals surface area contributed by atoms with Crippen LogP contribution in [0.1, 0.15) is 0 Å². The molecule has 0 aliphatic carbocycles. The zero-order valence-electron chi connectivity index (χ0n) is 3.35. The van der Waals surface area contributed by atoms with Gasteiger partial charge in [-0.1, -0.05) is 0 Å². The van der Waals surface area contributed by atoms with Gasteiger partial charge in [0.05, 0.1) is 0 Å². The van der Waals surface area contributed by atoms with Crippen molar-refractivity contribution in [2.75, 3.05) is 0 Å². The summed E-state index contributed by atoms with van der Waals surface area (Å²) in [6.45, 7) is 0. The Labute approximate surface area is 49.6 Å². The lowest BCUT2D eigenvalue weighted by atomic mass is 14.8. The van der Waals surface area contributed by atoms with Gasteiger partial charge in [0, 0.05) is 0 Å². The minimum Gasteiger partial charge on any atom is -0.181 e. The first-order valence-corrected chi connectivity index (χ1v) is 3.90. The van der Waals surface area contributed by atoms with E-state index in [-0.39, 0.29) is 0 Å². The van der Waals surface area contributed by atoms with Crippen LogP contribution in [0.15, 0.2) is 0 Å². The Balaban J connectivity index is 3.46. The molecule has 0 fully saturated rings. The monoisotopic (exact) mass is 181 g/mol. The summed E-state index contributed by atoms with van der Waals surface area (Å²) >= 11 is 0. The number of nitrogens with zero attached hydrogens (tertiary/aromatic N) is 1. The highest BCUT2D eigenvalue weighted by Gasteiger charge is 2.23. The van der Waals surface area contributed by atoms with Crippen LogP contribution in [-0.4, -0.2) is 14.5 Å². The van der Waals surface area contributed by atoms with E-state index >= 15 is 0 Å². The predicted octanol–water partition coefficient (Wildman–Crippen LogP) is 2.70. The van der Waals surface area contributed by atoms with Gasteiger partial charge in [0.2, 0.25) is 0 Å². The van der Waals surface area contributed by atoms with E-state index in [2.05, 4.69) is 0 Å². The van der Waals surface area contributed by atoms with Crippen LogP contribution in [-0.2, 0) is 0 Å². The largest absolute Gasteiger partial charge is 0.345 e. The van der Waals surface area contributed by atoms with Gasteiger partial charge < -0.3 is 0 Å². The van der Waals surface area contributed by atoms with Crippen LogP contribution in [0.2, 0.25) is 0 Å². The van der Waals surface area contributed by atoms with E-state index in [1.165, 1.54) is 0 Å². The van der Waals surface area contributed by atoms with Gasteiger partial charge in [0.15, 0.2) is 10.4 Å². The smallest absolute Gasteiger partial charge is 0.181 e. The van der Waals surface area contributed by atoms with E-state index in [0.29, 0.717) is 0 Å². The van der Waals surface area contributed by atoms with Crippen LogP contribution in [0, 0.1) is 0 Å². The highest BCUT2D eigenvalue weighted by molar-refractivity contribution is 7.61. The van der Waals surface area contributed by atoms with Crippen molar-refractivity contribution < 1.29 is 16.8 Å². The van der Waals surface area contributed by atoms with E-state index in [1.54, 1.807) is 0 Å². The Morgan fingerprint density at radius 3 is 1.25 bits per heavy atom. The van der Waals surface area contributed by atoms with Crippen molar-refractivity contribution in [3.63, 3.8) is 0 Å². The van der Waals surface area contributed by atoms with Gasteiger partial charge in [-0.05, 0) is 0 Å². The minimum atomic E-state index is -3.68. The normalized spacial score (nSPS) is 12.0. The molecule has 0 rings (SSSR count). The molecule has 0 saturated heterocycles. The predicted molar refractivity (Wildman–Crippen MR) is 25.9 cm³/mol. The lowest BCUT2D eigenvalue weighted by Crippen LogP contribution is -1.96. The second kappa shape index (κ2) is 3.72. The van der Waals surface area contributed by atoms with Crippen molar-refractivity contribution >= 4 is 27.8 Å². The Morgan fingerprint density at radius 2 is 1.25 bits per heavy atom. The van der Waals surface area contributed by atoms with Crippen molar-refractivity contribution in [3.05, 3.63) is 0 Å². The third kappa shape index (κ3) is 2.92. The summed E-state index contributed by atoms with van der Waals surface area (Å²) in [5, 5.41) is 0. The maximum atomic E-state index is 11.2. The fourth-order valence-corrected chi connectivity index (χ4v) is 0.460. The van der Waals surface area contributed by atoms with Crippen LogP contribution in [0.25, 0.3) is 0 Å². The maximum Gasteiger partial charge on any atom is 0.345 e. The van der Waals surface area contributed by atoms with Crippen LogP contribution < -0.4 is 0 Å². The Kier molecular flexibility index (Phi) is 4.07. The molecule has 0 aromatic rings. The fraction of sp³-hybridized carbons (Fsp3) is 0. The highest BCUT2D eigenvalue weighted by atomic mass is 31.3. The zero-order valence-corrected chi connectivity index (χ0v) is 6.14. The van der Waals surface area contributed by atoms with Gasteiger partial charge in [-0.15, -0.1) is 0 Å². The van der Waals surface area contributed by atoms with Crippen molar-refractivity contribution in [1.82, 2.24) is 4.11 Å². The number of hydrogen-bond donors (Lipinski definition) is 0. The standard InChI is InChI=1S/F4NP2Si/c1-6(2)5(8)7(3)4/i5+1. The molecule has 8 heavy (non-hydrogen) atoms. The highest BCUT2D eigenvalue weighted by Crippen LogP contribution is 2.58. The van der Waals surface area contributed by atoms with E-state index in [9.17, 15) is 16.8 Å². The molecule has 1 nitrogen and oxygen atoms in total. The molecule has 0 aliphatic heterocycles. The summed E-state index contributed by atoms with van der Waals surface area (Å²) in [5.41, 5.74) is 0. The summed E-state index contributed by atoms with van der Waals surface area (Å²) in [7, 11) is -5.31. The van der Waals surface area contributed by atoms with Crippen molar-refractivity contribution in [2.24, 2.45) is 0 Å². The summed E-state index contributed by atoms with van der Waals surface area (Å²) in [4.78, 5) is 0. The number of rotatable bonds is 2. The van der Waals surface area contributed by atoms with Gasteiger partial charge >= 0.3 is 17.4 Å². The topological polar surface area (TPSA) is 3.24 Å². The summed E-state index contributed by atoms with van der Waals surface area (Å²) in [5.74, 6) is 0. The first kappa shape index (κ1) is 8.76. The average molecular weight is 181 g/mol. The quantitative estimate of drug-likeness (QED) is 0.274. The Morgan fingerprint density at radius 1 is 1.00 bits per heavy atom. The molecule has 0 atom stereocenters. The molecule has 0 aliphatic rings. The maximum absolute atomic E-state index is 11.2. The molecule has 3 radical (unpaired) electrons. The average Bonchev–Trinajstić information content (AvgIpc) is 1.64. The molecular formula is F4NP2Si. The summed E-state index contributed by atoms with van der Waals surface area (Å²) in [6, 6.07) is 0. The first-order chi connectivity index (χ1) is 3.55. The third-order valence-electron chi connectivity index (χ3n) is 0.286. The molecule has 8 heteroatoms. The Bertz CT molecular complexity index is 59.1. The van der Waals surface area contributed by atoms with Crippen molar-refractivity contribution in [3.8, 4) is 0 Å². The molecule has 0 N–H and O–H groups in total. The van der Waals surface area contributed by atoms with E-state index < -0.39 is 21.5 Å². The van der Waals surface area contributed by atoms with Gasteiger partial charge in [0.25, 0.3) is 0 Å². The number of halogens is 4. The van der Waals surface area contributed by atoms with Gasteiger partial charge in [-0.25, -0.2) is 0 Å². The second-order valence-corrected chi connectivity index (χ2v) is 3.90. The van der Waals surface area contributed by atoms with E-state index in [4.69, 9.17) is 0 Å². The van der Waals surface area contributed by atoms with Crippen molar-refractivity contribution in [1.29, 1.82) is 0 Å². The molecule has 47 valence electrons. The van der Waals surface area contributed by atoms with Gasteiger partial charge in [-0.3, -0.25) is 0 Å². The van der Waals surface area contributed by atoms with Crippen LogP contribution in [0.5, 0.6) is 0 Å². The molecule has 0 spiro atoms. The lowest BCUT2D eigenvalue weighted by molar-refractivity contribution is 0.644. The first-order valence-electron chi connectivity index (χ1n) is 1.30. The second-order valence-electron chi connectivity index (χ2n) is 0.720. The molecule has 0 amide bonds. The molecule has 0 saturated carbocycles. The van der Waals surface area contributed by atoms with E-state index in [1.807, 2.05) is 10.4 Å².